The molecule has 0 heterocycles. The molecule has 0 aliphatic carbocycles. The van der Waals surface area contributed by atoms with Gasteiger partial charge in [0.05, 0.1) is 0 Å². The van der Waals surface area contributed by atoms with Gasteiger partial charge < -0.3 is 5.11 Å². The summed E-state index contributed by atoms with van der Waals surface area (Å²) in [6, 6.07) is 19.7. The highest BCUT2D eigenvalue weighted by molar-refractivity contribution is 7.50. The summed E-state index contributed by atoms with van der Waals surface area (Å²) >= 11 is 0. The lowest BCUT2D eigenvalue weighted by molar-refractivity contribution is 0.513. The molecule has 2 rings (SSSR count). The van der Waals surface area contributed by atoms with Crippen LogP contribution < -0.4 is 5.30 Å². The second-order valence-corrected chi connectivity index (χ2v) is 4.56. The number of benzene rings is 2. The molecule has 2 aromatic rings. The fraction of sp³-hybridized carbons (Fsp3) is 0. The molecule has 2 aromatic carbocycles. The minimum atomic E-state index is 0.350. The summed E-state index contributed by atoms with van der Waals surface area (Å²) in [5.41, 5.74) is 0.867. The molecule has 0 radical (unpaired) electrons. The molecular weight excluding hydrogens is 215 g/mol. The van der Waals surface area contributed by atoms with Crippen molar-refractivity contribution >= 4 is 19.6 Å². The summed E-state index contributed by atoms with van der Waals surface area (Å²) < 4.78 is 0. The molecule has 2 heteroatoms. The van der Waals surface area contributed by atoms with Gasteiger partial charge in [0.1, 0.15) is 5.76 Å². The lowest BCUT2D eigenvalue weighted by Crippen LogP contribution is -1.89. The molecule has 0 aliphatic rings. The summed E-state index contributed by atoms with van der Waals surface area (Å²) in [4.78, 5) is 0. The predicted octanol–water partition coefficient (Wildman–Crippen LogP) is 3.55. The van der Waals surface area contributed by atoms with E-state index in [9.17, 15) is 5.11 Å². The monoisotopic (exact) mass is 228 g/mol. The Balaban J connectivity index is 2.09. The fourth-order valence-corrected chi connectivity index (χ4v) is 2.23. The topological polar surface area (TPSA) is 20.2 Å². The Hall–Kier alpha value is -1.59. The zero-order chi connectivity index (χ0) is 11.2. The number of hydrogen-bond donors (Lipinski definition) is 1. The molecule has 0 fully saturated rings. The smallest absolute Gasteiger partial charge is 0.123 e. The van der Waals surface area contributed by atoms with Crippen molar-refractivity contribution < 1.29 is 5.11 Å². The lowest BCUT2D eigenvalue weighted by Gasteiger charge is -2.00. The average molecular weight is 228 g/mol. The van der Waals surface area contributed by atoms with Crippen LogP contribution >= 0.6 is 8.58 Å². The summed E-state index contributed by atoms with van der Waals surface area (Å²) in [5, 5.41) is 11.1. The molecule has 1 unspecified atom stereocenters. The summed E-state index contributed by atoms with van der Waals surface area (Å²) in [6.45, 7) is 0. The van der Waals surface area contributed by atoms with E-state index in [1.54, 1.807) is 0 Å². The first-order valence-corrected chi connectivity index (χ1v) is 6.20. The van der Waals surface area contributed by atoms with Crippen LogP contribution in [0.5, 0.6) is 0 Å². The van der Waals surface area contributed by atoms with Crippen molar-refractivity contribution in [2.24, 2.45) is 0 Å². The second-order valence-electron chi connectivity index (χ2n) is 3.41. The third-order valence-electron chi connectivity index (χ3n) is 2.22. The Bertz CT molecular complexity index is 463. The zero-order valence-corrected chi connectivity index (χ0v) is 9.80. The summed E-state index contributed by atoms with van der Waals surface area (Å²) in [6.07, 6.45) is 0. The molecule has 80 valence electrons. The van der Waals surface area contributed by atoms with Crippen molar-refractivity contribution in [2.75, 3.05) is 0 Å². The van der Waals surface area contributed by atoms with Gasteiger partial charge in [-0.05, 0) is 11.1 Å². The molecule has 0 saturated heterocycles. The fourth-order valence-electron chi connectivity index (χ4n) is 1.38. The van der Waals surface area contributed by atoms with E-state index >= 15 is 0 Å². The molecule has 1 nitrogen and oxygen atoms in total. The first-order chi connectivity index (χ1) is 7.86. The minimum absolute atomic E-state index is 0.350. The quantitative estimate of drug-likeness (QED) is 0.629. The molecule has 1 atom stereocenters. The molecule has 0 spiro atoms. The Morgan fingerprint density at radius 2 is 1.44 bits per heavy atom. The zero-order valence-electron chi connectivity index (χ0n) is 8.80. The lowest BCUT2D eigenvalue weighted by atomic mass is 10.2. The maximum atomic E-state index is 9.85. The maximum Gasteiger partial charge on any atom is 0.123 e. The molecule has 0 aliphatic heterocycles. The van der Waals surface area contributed by atoms with E-state index in [0.717, 1.165) is 5.56 Å². The van der Waals surface area contributed by atoms with Gasteiger partial charge in [-0.25, -0.2) is 0 Å². The minimum Gasteiger partial charge on any atom is -0.507 e. The van der Waals surface area contributed by atoms with Crippen molar-refractivity contribution in [1.29, 1.82) is 0 Å². The normalized spacial score (nSPS) is 12.1. The van der Waals surface area contributed by atoms with Crippen LogP contribution in [0, 0.1) is 0 Å². The maximum absolute atomic E-state index is 9.85. The van der Waals surface area contributed by atoms with Gasteiger partial charge in [-0.15, -0.1) is 0 Å². The van der Waals surface area contributed by atoms with Gasteiger partial charge >= 0.3 is 0 Å². The number of hydrogen-bond acceptors (Lipinski definition) is 1. The highest BCUT2D eigenvalue weighted by Gasteiger charge is 1.96. The van der Waals surface area contributed by atoms with E-state index in [1.807, 2.05) is 54.3 Å². The van der Waals surface area contributed by atoms with Gasteiger partial charge in [0.15, 0.2) is 0 Å². The Morgan fingerprint density at radius 1 is 0.875 bits per heavy atom. The predicted molar refractivity (Wildman–Crippen MR) is 71.4 cm³/mol. The summed E-state index contributed by atoms with van der Waals surface area (Å²) in [7, 11) is 0.498. The van der Waals surface area contributed by atoms with Crippen LogP contribution in [0.2, 0.25) is 0 Å². The van der Waals surface area contributed by atoms with E-state index in [0.29, 0.717) is 14.3 Å². The van der Waals surface area contributed by atoms with Crippen LogP contribution in [0.1, 0.15) is 5.56 Å². The standard InChI is InChI=1S/C14H13OP/c15-14(12-7-3-1-4-8-12)11-16-13-9-5-2-6-10-13/h1-11,15-16H. The molecular formula is C14H13OP. The van der Waals surface area contributed by atoms with Crippen LogP contribution in [0.15, 0.2) is 66.5 Å². The van der Waals surface area contributed by atoms with Crippen molar-refractivity contribution in [1.82, 2.24) is 0 Å². The number of aliphatic hydroxyl groups is 1. The van der Waals surface area contributed by atoms with Crippen LogP contribution in [-0.4, -0.2) is 5.11 Å². The first-order valence-electron chi connectivity index (χ1n) is 5.12. The number of aliphatic hydroxyl groups excluding tert-OH is 1. The van der Waals surface area contributed by atoms with Crippen LogP contribution in [0.3, 0.4) is 0 Å². The molecule has 0 amide bonds. The second kappa shape index (κ2) is 5.48. The molecule has 0 saturated carbocycles. The Morgan fingerprint density at radius 3 is 2.06 bits per heavy atom. The van der Waals surface area contributed by atoms with Gasteiger partial charge in [0.25, 0.3) is 0 Å². The van der Waals surface area contributed by atoms with Crippen LogP contribution in [-0.2, 0) is 0 Å². The number of rotatable bonds is 3. The SMILES string of the molecule is OC(=CPc1ccccc1)c1ccccc1. The molecule has 1 N–H and O–H groups in total. The van der Waals surface area contributed by atoms with E-state index in [2.05, 4.69) is 12.1 Å². The molecule has 0 aromatic heterocycles. The van der Waals surface area contributed by atoms with E-state index in [4.69, 9.17) is 0 Å². The largest absolute Gasteiger partial charge is 0.507 e. The van der Waals surface area contributed by atoms with E-state index in [1.165, 1.54) is 5.30 Å². The van der Waals surface area contributed by atoms with Crippen LogP contribution in [0.4, 0.5) is 0 Å². The van der Waals surface area contributed by atoms with Crippen molar-refractivity contribution in [3.63, 3.8) is 0 Å². The average Bonchev–Trinajstić information content (AvgIpc) is 2.38. The van der Waals surface area contributed by atoms with Crippen molar-refractivity contribution in [3.05, 3.63) is 72.0 Å². The van der Waals surface area contributed by atoms with Gasteiger partial charge in [-0.1, -0.05) is 69.2 Å². The van der Waals surface area contributed by atoms with E-state index in [-0.39, 0.29) is 0 Å². The highest BCUT2D eigenvalue weighted by Crippen LogP contribution is 2.19. The Kier molecular flexibility index (Phi) is 3.74. The third-order valence-corrected chi connectivity index (χ3v) is 3.30. The van der Waals surface area contributed by atoms with Crippen molar-refractivity contribution in [2.45, 2.75) is 0 Å². The third kappa shape index (κ3) is 2.95. The van der Waals surface area contributed by atoms with Gasteiger partial charge in [0.2, 0.25) is 0 Å². The summed E-state index contributed by atoms with van der Waals surface area (Å²) in [5.74, 6) is 2.22. The molecule has 0 bridgehead atoms. The highest BCUT2D eigenvalue weighted by atomic mass is 31.1. The van der Waals surface area contributed by atoms with E-state index < -0.39 is 0 Å². The van der Waals surface area contributed by atoms with Gasteiger partial charge in [0, 0.05) is 5.56 Å². The van der Waals surface area contributed by atoms with Crippen molar-refractivity contribution in [3.8, 4) is 0 Å². The van der Waals surface area contributed by atoms with Crippen LogP contribution in [0.25, 0.3) is 5.76 Å². The van der Waals surface area contributed by atoms with Gasteiger partial charge in [-0.2, -0.15) is 0 Å². The Labute approximate surface area is 97.2 Å². The first kappa shape index (κ1) is 10.9. The molecule has 16 heavy (non-hydrogen) atoms. The van der Waals surface area contributed by atoms with Gasteiger partial charge in [-0.3, -0.25) is 0 Å².